The quantitative estimate of drug-likeness (QED) is 0.757. The topological polar surface area (TPSA) is 83.8 Å². The molecule has 1 aliphatic carbocycles. The van der Waals surface area contributed by atoms with Gasteiger partial charge in [-0.3, -0.25) is 4.79 Å². The average Bonchev–Trinajstić information content (AvgIpc) is 2.90. The molecule has 18 heavy (non-hydrogen) atoms. The molecule has 1 aromatic rings. The predicted molar refractivity (Wildman–Crippen MR) is 69.7 cm³/mol. The molecule has 3 unspecified atom stereocenters. The lowest BCUT2D eigenvalue weighted by molar-refractivity contribution is -0.127. The lowest BCUT2D eigenvalue weighted by atomic mass is 9.84. The van der Waals surface area contributed by atoms with Crippen LogP contribution in [0.2, 0.25) is 0 Å². The summed E-state index contributed by atoms with van der Waals surface area (Å²) < 4.78 is 0. The lowest BCUT2D eigenvalue weighted by Crippen LogP contribution is -2.44. The minimum absolute atomic E-state index is 0.00728. The average molecular weight is 250 g/mol. The number of H-pyrrole nitrogens is 1. The molecule has 5 heteroatoms. The summed E-state index contributed by atoms with van der Waals surface area (Å²) in [6.07, 6.45) is 8.40. The predicted octanol–water partition coefficient (Wildman–Crippen LogP) is 1.49. The SMILES string of the molecule is CCC(NC(=O)C1CCCCC1N)c1ncc[nH]1. The summed E-state index contributed by atoms with van der Waals surface area (Å²) in [5.74, 6) is 0.850. The maximum absolute atomic E-state index is 12.2. The van der Waals surface area contributed by atoms with Gasteiger partial charge in [-0.05, 0) is 19.3 Å². The van der Waals surface area contributed by atoms with E-state index in [-0.39, 0.29) is 23.9 Å². The fourth-order valence-corrected chi connectivity index (χ4v) is 2.60. The molecule has 1 amide bonds. The number of nitrogens with two attached hydrogens (primary N) is 1. The highest BCUT2D eigenvalue weighted by atomic mass is 16.2. The molecule has 0 saturated heterocycles. The van der Waals surface area contributed by atoms with Crippen molar-refractivity contribution in [1.82, 2.24) is 15.3 Å². The fourth-order valence-electron chi connectivity index (χ4n) is 2.60. The Labute approximate surface area is 108 Å². The molecule has 1 heterocycles. The van der Waals surface area contributed by atoms with Crippen molar-refractivity contribution in [3.8, 4) is 0 Å². The molecule has 0 spiro atoms. The number of carbonyl (C=O) groups excluding carboxylic acids is 1. The van der Waals surface area contributed by atoms with Crippen molar-refractivity contribution >= 4 is 5.91 Å². The maximum Gasteiger partial charge on any atom is 0.225 e. The van der Waals surface area contributed by atoms with Gasteiger partial charge in [0.2, 0.25) is 5.91 Å². The summed E-state index contributed by atoms with van der Waals surface area (Å²) in [5, 5.41) is 3.06. The van der Waals surface area contributed by atoms with Gasteiger partial charge < -0.3 is 16.0 Å². The first-order chi connectivity index (χ1) is 8.72. The van der Waals surface area contributed by atoms with Crippen LogP contribution in [0.25, 0.3) is 0 Å². The highest BCUT2D eigenvalue weighted by Crippen LogP contribution is 2.24. The number of hydrogen-bond donors (Lipinski definition) is 3. The second-order valence-electron chi connectivity index (χ2n) is 5.00. The van der Waals surface area contributed by atoms with Gasteiger partial charge in [0.05, 0.1) is 12.0 Å². The zero-order chi connectivity index (χ0) is 13.0. The third-order valence-electron chi connectivity index (χ3n) is 3.73. The second kappa shape index (κ2) is 6.00. The van der Waals surface area contributed by atoms with Crippen molar-refractivity contribution < 1.29 is 4.79 Å². The Bertz CT molecular complexity index is 376. The van der Waals surface area contributed by atoms with Gasteiger partial charge in [-0.25, -0.2) is 4.98 Å². The summed E-state index contributed by atoms with van der Waals surface area (Å²) in [4.78, 5) is 19.5. The normalized spacial score (nSPS) is 25.7. The van der Waals surface area contributed by atoms with Crippen LogP contribution >= 0.6 is 0 Å². The number of nitrogens with one attached hydrogen (secondary N) is 2. The minimum Gasteiger partial charge on any atom is -0.347 e. The minimum atomic E-state index is -0.0402. The monoisotopic (exact) mass is 250 g/mol. The van der Waals surface area contributed by atoms with Crippen LogP contribution in [0.15, 0.2) is 12.4 Å². The summed E-state index contributed by atoms with van der Waals surface area (Å²) in [6, 6.07) is -0.0329. The zero-order valence-electron chi connectivity index (χ0n) is 10.9. The van der Waals surface area contributed by atoms with E-state index in [9.17, 15) is 4.79 Å². The number of hydrogen-bond acceptors (Lipinski definition) is 3. The molecule has 4 N–H and O–H groups in total. The molecular formula is C13H22N4O. The molecule has 1 saturated carbocycles. The van der Waals surface area contributed by atoms with E-state index in [0.717, 1.165) is 37.9 Å². The van der Waals surface area contributed by atoms with E-state index in [0.29, 0.717) is 0 Å². The van der Waals surface area contributed by atoms with E-state index >= 15 is 0 Å². The van der Waals surface area contributed by atoms with Crippen LogP contribution in [0.4, 0.5) is 0 Å². The first-order valence-corrected chi connectivity index (χ1v) is 6.77. The standard InChI is InChI=1S/C13H22N4O/c1-2-11(12-15-7-8-16-12)17-13(18)9-5-3-4-6-10(9)14/h7-11H,2-6,14H2,1H3,(H,15,16)(H,17,18). The van der Waals surface area contributed by atoms with Crippen LogP contribution in [0.1, 0.15) is 50.9 Å². The van der Waals surface area contributed by atoms with E-state index in [4.69, 9.17) is 5.73 Å². The van der Waals surface area contributed by atoms with Gasteiger partial charge in [0.1, 0.15) is 5.82 Å². The first-order valence-electron chi connectivity index (χ1n) is 6.77. The van der Waals surface area contributed by atoms with Gasteiger partial charge in [0.15, 0.2) is 0 Å². The molecule has 0 aliphatic heterocycles. The van der Waals surface area contributed by atoms with Crippen molar-refractivity contribution in [3.05, 3.63) is 18.2 Å². The molecule has 1 fully saturated rings. The van der Waals surface area contributed by atoms with Crippen molar-refractivity contribution in [2.24, 2.45) is 11.7 Å². The highest BCUT2D eigenvalue weighted by molar-refractivity contribution is 5.79. The van der Waals surface area contributed by atoms with E-state index in [1.165, 1.54) is 0 Å². The Balaban J connectivity index is 1.97. The maximum atomic E-state index is 12.2. The largest absolute Gasteiger partial charge is 0.347 e. The van der Waals surface area contributed by atoms with Crippen LogP contribution in [0, 0.1) is 5.92 Å². The summed E-state index contributed by atoms with van der Waals surface area (Å²) in [5.41, 5.74) is 6.03. The molecule has 100 valence electrons. The Morgan fingerprint density at radius 2 is 2.39 bits per heavy atom. The van der Waals surface area contributed by atoms with Crippen molar-refractivity contribution in [1.29, 1.82) is 0 Å². The number of imidazole rings is 1. The molecule has 0 aromatic carbocycles. The van der Waals surface area contributed by atoms with Gasteiger partial charge in [-0.2, -0.15) is 0 Å². The fraction of sp³-hybridized carbons (Fsp3) is 0.692. The number of amides is 1. The van der Waals surface area contributed by atoms with Crippen LogP contribution in [-0.4, -0.2) is 21.9 Å². The second-order valence-corrected chi connectivity index (χ2v) is 5.00. The Morgan fingerprint density at radius 3 is 3.00 bits per heavy atom. The third kappa shape index (κ3) is 2.90. The molecule has 5 nitrogen and oxygen atoms in total. The van der Waals surface area contributed by atoms with Crippen molar-refractivity contribution in [2.75, 3.05) is 0 Å². The zero-order valence-corrected chi connectivity index (χ0v) is 10.9. The van der Waals surface area contributed by atoms with E-state index in [1.807, 2.05) is 6.92 Å². The summed E-state index contributed by atoms with van der Waals surface area (Å²) in [7, 11) is 0. The Kier molecular flexibility index (Phi) is 4.36. The number of nitrogens with zero attached hydrogens (tertiary/aromatic N) is 1. The molecule has 0 bridgehead atoms. The number of rotatable bonds is 4. The third-order valence-corrected chi connectivity index (χ3v) is 3.73. The van der Waals surface area contributed by atoms with Crippen molar-refractivity contribution in [3.63, 3.8) is 0 Å². The first kappa shape index (κ1) is 13.1. The summed E-state index contributed by atoms with van der Waals surface area (Å²) in [6.45, 7) is 2.04. The Morgan fingerprint density at radius 1 is 1.61 bits per heavy atom. The van der Waals surface area contributed by atoms with E-state index < -0.39 is 0 Å². The van der Waals surface area contributed by atoms with E-state index in [2.05, 4.69) is 15.3 Å². The number of aromatic nitrogens is 2. The molecule has 1 aromatic heterocycles. The van der Waals surface area contributed by atoms with Crippen LogP contribution in [0.3, 0.4) is 0 Å². The van der Waals surface area contributed by atoms with Gasteiger partial charge >= 0.3 is 0 Å². The summed E-state index contributed by atoms with van der Waals surface area (Å²) >= 11 is 0. The van der Waals surface area contributed by atoms with Crippen LogP contribution in [-0.2, 0) is 4.79 Å². The van der Waals surface area contributed by atoms with Crippen LogP contribution < -0.4 is 11.1 Å². The van der Waals surface area contributed by atoms with Gasteiger partial charge in [0.25, 0.3) is 0 Å². The van der Waals surface area contributed by atoms with Gasteiger partial charge in [0, 0.05) is 18.4 Å². The van der Waals surface area contributed by atoms with Crippen molar-refractivity contribution in [2.45, 2.75) is 51.1 Å². The molecule has 0 radical (unpaired) electrons. The molecule has 1 aliphatic rings. The molecular weight excluding hydrogens is 228 g/mol. The molecule has 2 rings (SSSR count). The van der Waals surface area contributed by atoms with Gasteiger partial charge in [-0.1, -0.05) is 19.8 Å². The number of aromatic amines is 1. The Hall–Kier alpha value is -1.36. The lowest BCUT2D eigenvalue weighted by Gasteiger charge is -2.28. The highest BCUT2D eigenvalue weighted by Gasteiger charge is 2.29. The van der Waals surface area contributed by atoms with E-state index in [1.54, 1.807) is 12.4 Å². The van der Waals surface area contributed by atoms with Gasteiger partial charge in [-0.15, -0.1) is 0 Å². The number of carbonyl (C=O) groups is 1. The smallest absolute Gasteiger partial charge is 0.225 e. The van der Waals surface area contributed by atoms with Crippen LogP contribution in [0.5, 0.6) is 0 Å². The molecule has 3 atom stereocenters.